The predicted octanol–water partition coefficient (Wildman–Crippen LogP) is 1.30. The molecule has 16 heavy (non-hydrogen) atoms. The monoisotopic (exact) mass is 223 g/mol. The number of ether oxygens (including phenoxy) is 2. The lowest BCUT2D eigenvalue weighted by Crippen LogP contribution is -2.25. The highest BCUT2D eigenvalue weighted by atomic mass is 16.5. The zero-order chi connectivity index (χ0) is 11.8. The standard InChI is InChI=1S/C12H17NO3/c1-15-7-6-13(10-14)9-11-4-3-5-12(8-11)16-2/h3-5,8,10H,6-7,9H2,1-2H3. The lowest BCUT2D eigenvalue weighted by atomic mass is 10.2. The average Bonchev–Trinajstić information content (AvgIpc) is 2.34. The van der Waals surface area contributed by atoms with Crippen molar-refractivity contribution in [1.82, 2.24) is 4.90 Å². The van der Waals surface area contributed by atoms with Crippen LogP contribution in [-0.2, 0) is 16.1 Å². The molecule has 0 aliphatic rings. The SMILES string of the molecule is COCCN(C=O)Cc1cccc(OC)c1. The summed E-state index contributed by atoms with van der Waals surface area (Å²) in [6, 6.07) is 7.67. The number of nitrogens with zero attached hydrogens (tertiary/aromatic N) is 1. The van der Waals surface area contributed by atoms with Crippen LogP contribution >= 0.6 is 0 Å². The van der Waals surface area contributed by atoms with Gasteiger partial charge in [-0.3, -0.25) is 4.79 Å². The number of hydrogen-bond donors (Lipinski definition) is 0. The van der Waals surface area contributed by atoms with Crippen molar-refractivity contribution in [2.45, 2.75) is 6.54 Å². The summed E-state index contributed by atoms with van der Waals surface area (Å²) >= 11 is 0. The van der Waals surface area contributed by atoms with E-state index in [9.17, 15) is 4.79 Å². The molecular weight excluding hydrogens is 206 g/mol. The van der Waals surface area contributed by atoms with E-state index in [0.29, 0.717) is 19.7 Å². The van der Waals surface area contributed by atoms with Crippen molar-refractivity contribution in [2.24, 2.45) is 0 Å². The summed E-state index contributed by atoms with van der Waals surface area (Å²) in [4.78, 5) is 12.5. The van der Waals surface area contributed by atoms with Crippen LogP contribution in [0.4, 0.5) is 0 Å². The molecule has 1 rings (SSSR count). The maximum Gasteiger partial charge on any atom is 0.210 e. The molecule has 1 aromatic carbocycles. The number of carbonyl (C=O) groups excluding carboxylic acids is 1. The van der Waals surface area contributed by atoms with Crippen LogP contribution < -0.4 is 4.74 Å². The molecule has 1 aromatic rings. The first-order valence-corrected chi connectivity index (χ1v) is 5.11. The molecule has 4 heteroatoms. The molecule has 0 radical (unpaired) electrons. The van der Waals surface area contributed by atoms with E-state index in [2.05, 4.69) is 0 Å². The van der Waals surface area contributed by atoms with Crippen LogP contribution in [0.15, 0.2) is 24.3 Å². The Labute approximate surface area is 95.8 Å². The minimum Gasteiger partial charge on any atom is -0.497 e. The van der Waals surface area contributed by atoms with Crippen molar-refractivity contribution in [3.05, 3.63) is 29.8 Å². The van der Waals surface area contributed by atoms with Crippen molar-refractivity contribution >= 4 is 6.41 Å². The van der Waals surface area contributed by atoms with Crippen LogP contribution in [0.2, 0.25) is 0 Å². The van der Waals surface area contributed by atoms with Gasteiger partial charge in [-0.25, -0.2) is 0 Å². The Morgan fingerprint density at radius 2 is 2.19 bits per heavy atom. The maximum atomic E-state index is 10.8. The fraction of sp³-hybridized carbons (Fsp3) is 0.417. The molecule has 0 N–H and O–H groups in total. The third-order valence-corrected chi connectivity index (χ3v) is 2.25. The Balaban J connectivity index is 2.58. The summed E-state index contributed by atoms with van der Waals surface area (Å²) in [6.07, 6.45) is 0.832. The summed E-state index contributed by atoms with van der Waals surface area (Å²) in [5.74, 6) is 0.801. The van der Waals surface area contributed by atoms with Gasteiger partial charge in [0.25, 0.3) is 0 Å². The number of carbonyl (C=O) groups is 1. The summed E-state index contributed by atoms with van der Waals surface area (Å²) in [6.45, 7) is 1.71. The largest absolute Gasteiger partial charge is 0.497 e. The Bertz CT molecular complexity index is 328. The number of benzene rings is 1. The second-order valence-electron chi connectivity index (χ2n) is 3.42. The van der Waals surface area contributed by atoms with Crippen LogP contribution in [0.5, 0.6) is 5.75 Å². The smallest absolute Gasteiger partial charge is 0.210 e. The molecule has 88 valence electrons. The molecule has 0 saturated heterocycles. The molecule has 0 aliphatic carbocycles. The van der Waals surface area contributed by atoms with Crippen molar-refractivity contribution in [3.8, 4) is 5.75 Å². The van der Waals surface area contributed by atoms with E-state index in [1.54, 1.807) is 19.1 Å². The van der Waals surface area contributed by atoms with Gasteiger partial charge in [0, 0.05) is 20.2 Å². The Kier molecular flexibility index (Phi) is 5.36. The highest BCUT2D eigenvalue weighted by Gasteiger charge is 2.03. The Hall–Kier alpha value is -1.55. The molecular formula is C12H17NO3. The highest BCUT2D eigenvalue weighted by molar-refractivity contribution is 5.47. The zero-order valence-electron chi connectivity index (χ0n) is 9.68. The van der Waals surface area contributed by atoms with Gasteiger partial charge in [-0.05, 0) is 17.7 Å². The molecule has 0 bridgehead atoms. The van der Waals surface area contributed by atoms with Crippen molar-refractivity contribution in [3.63, 3.8) is 0 Å². The number of amides is 1. The molecule has 4 nitrogen and oxygen atoms in total. The van der Waals surface area contributed by atoms with Gasteiger partial charge in [0.15, 0.2) is 0 Å². The number of hydrogen-bond acceptors (Lipinski definition) is 3. The highest BCUT2D eigenvalue weighted by Crippen LogP contribution is 2.13. The first-order chi connectivity index (χ1) is 7.80. The molecule has 0 aromatic heterocycles. The van der Waals surface area contributed by atoms with Gasteiger partial charge >= 0.3 is 0 Å². The van der Waals surface area contributed by atoms with E-state index in [1.165, 1.54) is 0 Å². The van der Waals surface area contributed by atoms with E-state index in [1.807, 2.05) is 24.3 Å². The third-order valence-electron chi connectivity index (χ3n) is 2.25. The van der Waals surface area contributed by atoms with E-state index in [-0.39, 0.29) is 0 Å². The fourth-order valence-electron chi connectivity index (χ4n) is 1.38. The van der Waals surface area contributed by atoms with E-state index >= 15 is 0 Å². The van der Waals surface area contributed by atoms with Crippen LogP contribution in [0, 0.1) is 0 Å². The quantitative estimate of drug-likeness (QED) is 0.654. The molecule has 0 saturated carbocycles. The summed E-state index contributed by atoms with van der Waals surface area (Å²) in [7, 11) is 3.25. The topological polar surface area (TPSA) is 38.8 Å². The first kappa shape index (κ1) is 12.5. The van der Waals surface area contributed by atoms with E-state index in [4.69, 9.17) is 9.47 Å². The summed E-state index contributed by atoms with van der Waals surface area (Å²) in [5, 5.41) is 0. The summed E-state index contributed by atoms with van der Waals surface area (Å²) in [5.41, 5.74) is 1.04. The lowest BCUT2D eigenvalue weighted by molar-refractivity contribution is -0.119. The molecule has 0 atom stereocenters. The van der Waals surface area contributed by atoms with Crippen molar-refractivity contribution in [2.75, 3.05) is 27.4 Å². The second-order valence-corrected chi connectivity index (χ2v) is 3.42. The van der Waals surface area contributed by atoms with Gasteiger partial charge in [0.05, 0.1) is 13.7 Å². The molecule has 0 heterocycles. The first-order valence-electron chi connectivity index (χ1n) is 5.11. The van der Waals surface area contributed by atoms with E-state index in [0.717, 1.165) is 17.7 Å². The third kappa shape index (κ3) is 3.90. The van der Waals surface area contributed by atoms with Crippen LogP contribution in [0.25, 0.3) is 0 Å². The molecule has 0 fully saturated rings. The van der Waals surface area contributed by atoms with Gasteiger partial charge in [-0.15, -0.1) is 0 Å². The van der Waals surface area contributed by atoms with Gasteiger partial charge in [0.2, 0.25) is 6.41 Å². The normalized spacial score (nSPS) is 9.88. The molecule has 1 amide bonds. The van der Waals surface area contributed by atoms with Crippen LogP contribution in [-0.4, -0.2) is 38.7 Å². The number of methoxy groups -OCH3 is 2. The molecule has 0 aliphatic heterocycles. The lowest BCUT2D eigenvalue weighted by Gasteiger charge is -2.17. The van der Waals surface area contributed by atoms with Gasteiger partial charge in [-0.2, -0.15) is 0 Å². The number of rotatable bonds is 7. The summed E-state index contributed by atoms with van der Waals surface area (Å²) < 4.78 is 10.1. The van der Waals surface area contributed by atoms with Crippen LogP contribution in [0.1, 0.15) is 5.56 Å². The molecule has 0 unspecified atom stereocenters. The van der Waals surface area contributed by atoms with Crippen molar-refractivity contribution in [1.29, 1.82) is 0 Å². The van der Waals surface area contributed by atoms with Crippen LogP contribution in [0.3, 0.4) is 0 Å². The minimum absolute atomic E-state index is 0.544. The molecule has 0 spiro atoms. The van der Waals surface area contributed by atoms with Crippen molar-refractivity contribution < 1.29 is 14.3 Å². The van der Waals surface area contributed by atoms with Gasteiger partial charge in [0.1, 0.15) is 5.75 Å². The van der Waals surface area contributed by atoms with Gasteiger partial charge in [-0.1, -0.05) is 12.1 Å². The van der Waals surface area contributed by atoms with E-state index < -0.39 is 0 Å². The predicted molar refractivity (Wildman–Crippen MR) is 61.3 cm³/mol. The fourth-order valence-corrected chi connectivity index (χ4v) is 1.38. The zero-order valence-corrected chi connectivity index (χ0v) is 9.68. The second kappa shape index (κ2) is 6.85. The minimum atomic E-state index is 0.544. The van der Waals surface area contributed by atoms with Gasteiger partial charge < -0.3 is 14.4 Å². The Morgan fingerprint density at radius 1 is 1.38 bits per heavy atom. The maximum absolute atomic E-state index is 10.8. The average molecular weight is 223 g/mol. The Morgan fingerprint density at radius 3 is 2.81 bits per heavy atom.